The molecule has 3 aromatic carbocycles. The van der Waals surface area contributed by atoms with Crippen LogP contribution in [0.4, 0.5) is 5.69 Å². The number of nitrogens with one attached hydrogen (secondary N) is 1. The number of hydrogen-bond acceptors (Lipinski definition) is 6. The van der Waals surface area contributed by atoms with Crippen molar-refractivity contribution < 1.29 is 9.53 Å². The maximum Gasteiger partial charge on any atom is 0.242 e. The number of rotatable bonds is 7. The Kier molecular flexibility index (Phi) is 5.79. The van der Waals surface area contributed by atoms with Gasteiger partial charge in [0, 0.05) is 0 Å². The summed E-state index contributed by atoms with van der Waals surface area (Å²) in [5, 5.41) is 11.9. The predicted octanol–water partition coefficient (Wildman–Crippen LogP) is 5.81. The summed E-state index contributed by atoms with van der Waals surface area (Å²) in [6.07, 6.45) is 0. The number of nitrogens with zero attached hydrogens (tertiary/aromatic N) is 3. The molecule has 8 heteroatoms. The minimum absolute atomic E-state index is 0.148. The molecule has 160 valence electrons. The Bertz CT molecular complexity index is 1380. The van der Waals surface area contributed by atoms with Crippen LogP contribution in [0, 0.1) is 0 Å². The normalized spacial score (nSPS) is 12.2. The van der Waals surface area contributed by atoms with Crippen molar-refractivity contribution in [2.75, 3.05) is 11.9 Å². The average molecular weight is 461 g/mol. The second-order valence-corrected chi connectivity index (χ2v) is 9.08. The highest BCUT2D eigenvalue weighted by Crippen LogP contribution is 2.38. The molecule has 2 aromatic heterocycles. The van der Waals surface area contributed by atoms with E-state index in [-0.39, 0.29) is 5.91 Å². The monoisotopic (exact) mass is 460 g/mol. The summed E-state index contributed by atoms with van der Waals surface area (Å²) in [5.41, 5.74) is 2.57. The first-order chi connectivity index (χ1) is 15.7. The van der Waals surface area contributed by atoms with Crippen molar-refractivity contribution in [3.05, 3.63) is 84.4 Å². The highest BCUT2D eigenvalue weighted by atomic mass is 32.2. The summed E-state index contributed by atoms with van der Waals surface area (Å²) in [6, 6.07) is 25.3. The Labute approximate surface area is 193 Å². The number of thiazole rings is 1. The van der Waals surface area contributed by atoms with Crippen LogP contribution in [0.25, 0.3) is 15.2 Å². The Morgan fingerprint density at radius 1 is 1.03 bits per heavy atom. The molecule has 0 saturated heterocycles. The molecule has 32 heavy (non-hydrogen) atoms. The molecule has 5 aromatic rings. The molecule has 1 amide bonds. The van der Waals surface area contributed by atoms with Crippen LogP contribution < -0.4 is 10.1 Å². The molecule has 0 saturated carbocycles. The van der Waals surface area contributed by atoms with Gasteiger partial charge in [-0.05, 0) is 36.8 Å². The van der Waals surface area contributed by atoms with Crippen molar-refractivity contribution in [3.63, 3.8) is 0 Å². The molecule has 6 nitrogen and oxygen atoms in total. The van der Waals surface area contributed by atoms with Gasteiger partial charge >= 0.3 is 0 Å². The third-order valence-corrected chi connectivity index (χ3v) is 7.13. The molecule has 0 fully saturated rings. The molecule has 0 radical (unpaired) electrons. The Morgan fingerprint density at radius 3 is 2.62 bits per heavy atom. The number of amides is 1. The van der Waals surface area contributed by atoms with Gasteiger partial charge in [-0.1, -0.05) is 77.7 Å². The fourth-order valence-electron chi connectivity index (χ4n) is 3.49. The maximum absolute atomic E-state index is 13.5. The lowest BCUT2D eigenvalue weighted by molar-refractivity contribution is -0.115. The van der Waals surface area contributed by atoms with Crippen molar-refractivity contribution in [2.45, 2.75) is 17.3 Å². The Balaban J connectivity index is 1.51. The second kappa shape index (κ2) is 9.02. The second-order valence-electron chi connectivity index (χ2n) is 7.00. The van der Waals surface area contributed by atoms with E-state index in [1.165, 1.54) is 11.8 Å². The van der Waals surface area contributed by atoms with Crippen LogP contribution in [-0.4, -0.2) is 27.1 Å². The predicted molar refractivity (Wildman–Crippen MR) is 130 cm³/mol. The van der Waals surface area contributed by atoms with E-state index in [4.69, 9.17) is 4.74 Å². The first kappa shape index (κ1) is 20.5. The zero-order valence-corrected chi connectivity index (χ0v) is 18.9. The molecular weight excluding hydrogens is 440 g/mol. The topological polar surface area (TPSA) is 68.5 Å². The van der Waals surface area contributed by atoms with Crippen LogP contribution in [0.3, 0.4) is 0 Å². The maximum atomic E-state index is 13.5. The Hall–Kier alpha value is -3.36. The van der Waals surface area contributed by atoms with Gasteiger partial charge in [0.05, 0.1) is 22.5 Å². The molecule has 0 bridgehead atoms. The number of benzene rings is 3. The first-order valence-corrected chi connectivity index (χ1v) is 11.9. The highest BCUT2D eigenvalue weighted by molar-refractivity contribution is 8.00. The summed E-state index contributed by atoms with van der Waals surface area (Å²) < 4.78 is 8.82. The zero-order valence-electron chi connectivity index (χ0n) is 17.3. The van der Waals surface area contributed by atoms with Crippen molar-refractivity contribution in [2.24, 2.45) is 0 Å². The fraction of sp³-hybridized carbons (Fsp3) is 0.125. The number of thioether (sulfide) groups is 1. The average Bonchev–Trinajstić information content (AvgIpc) is 3.39. The summed E-state index contributed by atoms with van der Waals surface area (Å²) in [7, 11) is 0. The van der Waals surface area contributed by atoms with E-state index in [9.17, 15) is 4.79 Å². The lowest BCUT2D eigenvalue weighted by Crippen LogP contribution is -2.20. The van der Waals surface area contributed by atoms with Crippen molar-refractivity contribution >= 4 is 49.9 Å². The summed E-state index contributed by atoms with van der Waals surface area (Å²) in [6.45, 7) is 2.44. The van der Waals surface area contributed by atoms with E-state index in [0.29, 0.717) is 23.2 Å². The van der Waals surface area contributed by atoms with Gasteiger partial charge in [-0.3, -0.25) is 9.20 Å². The minimum atomic E-state index is -0.517. The number of hydrogen-bond donors (Lipinski definition) is 1. The van der Waals surface area contributed by atoms with E-state index < -0.39 is 5.25 Å². The molecule has 2 heterocycles. The molecule has 5 rings (SSSR count). The molecule has 0 unspecified atom stereocenters. The van der Waals surface area contributed by atoms with E-state index >= 15 is 0 Å². The smallest absolute Gasteiger partial charge is 0.242 e. The first-order valence-electron chi connectivity index (χ1n) is 10.2. The molecular formula is C24H20N4O2S2. The quantitative estimate of drug-likeness (QED) is 0.310. The third-order valence-electron chi connectivity index (χ3n) is 4.92. The number of fused-ring (bicyclic) bond motifs is 3. The lowest BCUT2D eigenvalue weighted by atomic mass is 10.1. The van der Waals surface area contributed by atoms with Crippen LogP contribution in [0.1, 0.15) is 17.7 Å². The molecule has 1 N–H and O–H groups in total. The molecule has 0 aliphatic heterocycles. The van der Waals surface area contributed by atoms with Gasteiger partial charge < -0.3 is 10.1 Å². The van der Waals surface area contributed by atoms with Gasteiger partial charge in [-0.15, -0.1) is 10.2 Å². The van der Waals surface area contributed by atoms with Gasteiger partial charge in [-0.25, -0.2) is 0 Å². The van der Waals surface area contributed by atoms with Crippen molar-refractivity contribution in [3.8, 4) is 5.75 Å². The Morgan fingerprint density at radius 2 is 1.78 bits per heavy atom. The van der Waals surface area contributed by atoms with Gasteiger partial charge in [0.25, 0.3) is 0 Å². The van der Waals surface area contributed by atoms with E-state index in [1.807, 2.05) is 84.1 Å². The number of aromatic nitrogens is 3. The van der Waals surface area contributed by atoms with Gasteiger partial charge in [0.15, 0.2) is 5.16 Å². The SMILES string of the molecule is CCOc1ccccc1NC(=O)[C@@H](Sc1nnc2sc3ccccc3n12)c1ccccc1. The van der Waals surface area contributed by atoms with Gasteiger partial charge in [0.2, 0.25) is 10.9 Å². The summed E-state index contributed by atoms with van der Waals surface area (Å²) in [4.78, 5) is 14.3. The van der Waals surface area contributed by atoms with Crippen molar-refractivity contribution in [1.82, 2.24) is 14.6 Å². The van der Waals surface area contributed by atoms with Crippen LogP contribution >= 0.6 is 23.1 Å². The molecule has 0 aliphatic rings. The molecule has 0 spiro atoms. The van der Waals surface area contributed by atoms with E-state index in [2.05, 4.69) is 21.6 Å². The standard InChI is InChI=1S/C24H20N4O2S2/c1-2-30-19-14-8-6-12-17(19)25-22(29)21(16-10-4-3-5-11-16)32-24-27-26-23-28(24)18-13-7-9-15-20(18)31-23/h3-15,21H,2H2,1H3,(H,25,29)/t21-/m0/s1. The number of anilines is 1. The van der Waals surface area contributed by atoms with Crippen LogP contribution in [0.5, 0.6) is 5.75 Å². The van der Waals surface area contributed by atoms with Crippen molar-refractivity contribution in [1.29, 1.82) is 0 Å². The third kappa shape index (κ3) is 3.94. The largest absolute Gasteiger partial charge is 0.492 e. The number of ether oxygens (including phenoxy) is 1. The number of carbonyl (C=O) groups excluding carboxylic acids is 1. The fourth-order valence-corrected chi connectivity index (χ4v) is 5.56. The molecule has 0 aliphatic carbocycles. The van der Waals surface area contributed by atoms with Gasteiger partial charge in [0.1, 0.15) is 11.0 Å². The van der Waals surface area contributed by atoms with Gasteiger partial charge in [-0.2, -0.15) is 0 Å². The van der Waals surface area contributed by atoms with Crippen LogP contribution in [-0.2, 0) is 4.79 Å². The summed E-state index contributed by atoms with van der Waals surface area (Å²) >= 11 is 2.97. The van der Waals surface area contributed by atoms with Crippen LogP contribution in [0.15, 0.2) is 84.0 Å². The summed E-state index contributed by atoms with van der Waals surface area (Å²) in [5.74, 6) is 0.499. The highest BCUT2D eigenvalue weighted by Gasteiger charge is 2.26. The number of para-hydroxylation sites is 3. The van der Waals surface area contributed by atoms with E-state index in [0.717, 1.165) is 20.7 Å². The van der Waals surface area contributed by atoms with E-state index in [1.54, 1.807) is 11.3 Å². The minimum Gasteiger partial charge on any atom is -0.492 e. The zero-order chi connectivity index (χ0) is 21.9. The number of carbonyl (C=O) groups is 1. The molecule has 1 atom stereocenters. The van der Waals surface area contributed by atoms with Crippen LogP contribution in [0.2, 0.25) is 0 Å². The lowest BCUT2D eigenvalue weighted by Gasteiger charge is -2.17.